The summed E-state index contributed by atoms with van der Waals surface area (Å²) in [6.45, 7) is 2.20. The first kappa shape index (κ1) is 10.9. The van der Waals surface area contributed by atoms with E-state index in [9.17, 15) is 0 Å². The number of hydrogen-bond acceptors (Lipinski definition) is 2. The molecule has 0 aliphatic heterocycles. The van der Waals surface area contributed by atoms with Crippen LogP contribution in [0.25, 0.3) is 0 Å². The second-order valence-electron chi connectivity index (χ2n) is 3.96. The first-order chi connectivity index (χ1) is 7.88. The summed E-state index contributed by atoms with van der Waals surface area (Å²) in [4.78, 5) is 12.0. The van der Waals surface area contributed by atoms with E-state index in [0.717, 1.165) is 24.4 Å². The SMILES string of the molecule is CCCCc1cnc(Cc2ccccn2)[nH]1. The summed E-state index contributed by atoms with van der Waals surface area (Å²) < 4.78 is 0. The minimum atomic E-state index is 0.785. The van der Waals surface area contributed by atoms with E-state index in [2.05, 4.69) is 21.9 Å². The van der Waals surface area contributed by atoms with Gasteiger partial charge in [-0.15, -0.1) is 0 Å². The molecule has 2 heterocycles. The summed E-state index contributed by atoms with van der Waals surface area (Å²) in [7, 11) is 0. The number of nitrogens with one attached hydrogen (secondary N) is 1. The molecule has 16 heavy (non-hydrogen) atoms. The molecule has 3 nitrogen and oxygen atoms in total. The summed E-state index contributed by atoms with van der Waals surface area (Å²) in [5.74, 6) is 1.00. The lowest BCUT2D eigenvalue weighted by atomic mass is 10.2. The Kier molecular flexibility index (Phi) is 3.70. The molecule has 0 fully saturated rings. The molecule has 1 N–H and O–H groups in total. The number of aryl methyl sites for hydroxylation is 1. The molecule has 0 saturated carbocycles. The first-order valence-electron chi connectivity index (χ1n) is 5.81. The van der Waals surface area contributed by atoms with Crippen LogP contribution in [0.3, 0.4) is 0 Å². The first-order valence-corrected chi connectivity index (χ1v) is 5.81. The van der Waals surface area contributed by atoms with Gasteiger partial charge in [0.25, 0.3) is 0 Å². The van der Waals surface area contributed by atoms with Gasteiger partial charge in [-0.25, -0.2) is 4.98 Å². The van der Waals surface area contributed by atoms with Crippen LogP contribution in [-0.2, 0) is 12.8 Å². The molecule has 0 unspecified atom stereocenters. The zero-order valence-corrected chi connectivity index (χ0v) is 9.61. The van der Waals surface area contributed by atoms with Crippen molar-refractivity contribution in [1.29, 1.82) is 0 Å². The van der Waals surface area contributed by atoms with Gasteiger partial charge in [0.1, 0.15) is 5.82 Å². The molecule has 0 saturated heterocycles. The maximum absolute atomic E-state index is 4.37. The van der Waals surface area contributed by atoms with Crippen LogP contribution in [0.2, 0.25) is 0 Å². The maximum atomic E-state index is 4.37. The predicted molar refractivity (Wildman–Crippen MR) is 64.2 cm³/mol. The molecule has 0 aliphatic rings. The zero-order chi connectivity index (χ0) is 11.2. The van der Waals surface area contributed by atoms with Gasteiger partial charge in [0.15, 0.2) is 0 Å². The van der Waals surface area contributed by atoms with Gasteiger partial charge in [-0.05, 0) is 25.0 Å². The molecule has 2 aromatic rings. The molecular weight excluding hydrogens is 198 g/mol. The van der Waals surface area contributed by atoms with Crippen LogP contribution in [0.15, 0.2) is 30.6 Å². The molecule has 2 aromatic heterocycles. The lowest BCUT2D eigenvalue weighted by Gasteiger charge is -1.96. The Morgan fingerprint density at radius 1 is 1.25 bits per heavy atom. The largest absolute Gasteiger partial charge is 0.346 e. The zero-order valence-electron chi connectivity index (χ0n) is 9.61. The summed E-state index contributed by atoms with van der Waals surface area (Å²) in [5.41, 5.74) is 2.28. The van der Waals surface area contributed by atoms with E-state index in [-0.39, 0.29) is 0 Å². The topological polar surface area (TPSA) is 41.6 Å². The van der Waals surface area contributed by atoms with E-state index in [1.165, 1.54) is 18.5 Å². The molecule has 0 aromatic carbocycles. The Balaban J connectivity index is 1.97. The van der Waals surface area contributed by atoms with Crippen LogP contribution in [0, 0.1) is 0 Å². The van der Waals surface area contributed by atoms with Crippen molar-refractivity contribution in [1.82, 2.24) is 15.0 Å². The number of pyridine rings is 1. The second kappa shape index (κ2) is 5.45. The average Bonchev–Trinajstić information content (AvgIpc) is 2.75. The monoisotopic (exact) mass is 215 g/mol. The Hall–Kier alpha value is -1.64. The highest BCUT2D eigenvalue weighted by molar-refractivity contribution is 5.11. The maximum Gasteiger partial charge on any atom is 0.112 e. The number of nitrogens with zero attached hydrogens (tertiary/aromatic N) is 2. The standard InChI is InChI=1S/C13H17N3/c1-2-3-6-12-10-15-13(16-12)9-11-7-4-5-8-14-11/h4-5,7-8,10H,2-3,6,9H2,1H3,(H,15,16). The molecular formula is C13H17N3. The van der Waals surface area contributed by atoms with Crippen molar-refractivity contribution >= 4 is 0 Å². The van der Waals surface area contributed by atoms with E-state index in [4.69, 9.17) is 0 Å². The minimum Gasteiger partial charge on any atom is -0.346 e. The van der Waals surface area contributed by atoms with Gasteiger partial charge in [-0.1, -0.05) is 19.4 Å². The van der Waals surface area contributed by atoms with Gasteiger partial charge in [-0.3, -0.25) is 4.98 Å². The number of rotatable bonds is 5. The third-order valence-electron chi connectivity index (χ3n) is 2.56. The lowest BCUT2D eigenvalue weighted by Crippen LogP contribution is -1.93. The van der Waals surface area contributed by atoms with E-state index in [1.807, 2.05) is 30.6 Å². The van der Waals surface area contributed by atoms with Gasteiger partial charge < -0.3 is 4.98 Å². The van der Waals surface area contributed by atoms with Gasteiger partial charge >= 0.3 is 0 Å². The van der Waals surface area contributed by atoms with Crippen molar-refractivity contribution in [2.24, 2.45) is 0 Å². The predicted octanol–water partition coefficient (Wildman–Crippen LogP) is 2.74. The van der Waals surface area contributed by atoms with E-state index in [0.29, 0.717) is 0 Å². The quantitative estimate of drug-likeness (QED) is 0.833. The van der Waals surface area contributed by atoms with Crippen molar-refractivity contribution in [3.8, 4) is 0 Å². The summed E-state index contributed by atoms with van der Waals surface area (Å²) in [6.07, 6.45) is 8.06. The Morgan fingerprint density at radius 2 is 2.19 bits per heavy atom. The fourth-order valence-electron chi connectivity index (χ4n) is 1.66. The van der Waals surface area contributed by atoms with Crippen LogP contribution in [-0.4, -0.2) is 15.0 Å². The van der Waals surface area contributed by atoms with Crippen molar-refractivity contribution in [3.63, 3.8) is 0 Å². The average molecular weight is 215 g/mol. The highest BCUT2D eigenvalue weighted by atomic mass is 14.9. The fourth-order valence-corrected chi connectivity index (χ4v) is 1.66. The molecule has 0 radical (unpaired) electrons. The van der Waals surface area contributed by atoms with Crippen molar-refractivity contribution in [2.75, 3.05) is 0 Å². The summed E-state index contributed by atoms with van der Waals surface area (Å²) in [6, 6.07) is 5.95. The molecule has 2 rings (SSSR count). The van der Waals surface area contributed by atoms with Gasteiger partial charge in [0.2, 0.25) is 0 Å². The molecule has 0 spiro atoms. The van der Waals surface area contributed by atoms with Crippen LogP contribution in [0.5, 0.6) is 0 Å². The lowest BCUT2D eigenvalue weighted by molar-refractivity contribution is 0.778. The van der Waals surface area contributed by atoms with Gasteiger partial charge in [0, 0.05) is 30.2 Å². The van der Waals surface area contributed by atoms with E-state index < -0.39 is 0 Å². The van der Waals surface area contributed by atoms with Crippen LogP contribution < -0.4 is 0 Å². The van der Waals surface area contributed by atoms with Crippen LogP contribution in [0.1, 0.15) is 37.0 Å². The summed E-state index contributed by atoms with van der Waals surface area (Å²) in [5, 5.41) is 0. The smallest absolute Gasteiger partial charge is 0.112 e. The number of H-pyrrole nitrogens is 1. The van der Waals surface area contributed by atoms with Crippen LogP contribution >= 0.6 is 0 Å². The van der Waals surface area contributed by atoms with Crippen molar-refractivity contribution < 1.29 is 0 Å². The number of aromatic nitrogens is 3. The Bertz CT molecular complexity index is 420. The molecule has 84 valence electrons. The summed E-state index contributed by atoms with van der Waals surface area (Å²) >= 11 is 0. The number of imidazole rings is 1. The molecule has 0 aliphatic carbocycles. The fraction of sp³-hybridized carbons (Fsp3) is 0.385. The van der Waals surface area contributed by atoms with Crippen molar-refractivity contribution in [3.05, 3.63) is 47.8 Å². The van der Waals surface area contributed by atoms with Gasteiger partial charge in [0.05, 0.1) is 0 Å². The normalized spacial score (nSPS) is 10.6. The number of hydrogen-bond donors (Lipinski definition) is 1. The number of aromatic amines is 1. The van der Waals surface area contributed by atoms with E-state index in [1.54, 1.807) is 0 Å². The molecule has 0 amide bonds. The highest BCUT2D eigenvalue weighted by Gasteiger charge is 2.02. The highest BCUT2D eigenvalue weighted by Crippen LogP contribution is 2.06. The Morgan fingerprint density at radius 3 is 2.94 bits per heavy atom. The third-order valence-corrected chi connectivity index (χ3v) is 2.56. The third kappa shape index (κ3) is 2.92. The molecule has 0 atom stereocenters. The molecule has 0 bridgehead atoms. The molecule has 3 heteroatoms. The second-order valence-corrected chi connectivity index (χ2v) is 3.96. The Labute approximate surface area is 96.0 Å². The van der Waals surface area contributed by atoms with Crippen LogP contribution in [0.4, 0.5) is 0 Å². The number of unbranched alkanes of at least 4 members (excludes halogenated alkanes) is 1. The van der Waals surface area contributed by atoms with Gasteiger partial charge in [-0.2, -0.15) is 0 Å². The minimum absolute atomic E-state index is 0.785. The van der Waals surface area contributed by atoms with E-state index >= 15 is 0 Å². The van der Waals surface area contributed by atoms with Crippen molar-refractivity contribution in [2.45, 2.75) is 32.6 Å².